The number of hydrogen-bond acceptors (Lipinski definition) is 4. The highest BCUT2D eigenvalue weighted by molar-refractivity contribution is 5.81. The van der Waals surface area contributed by atoms with Crippen molar-refractivity contribution < 1.29 is 14.6 Å². The van der Waals surface area contributed by atoms with E-state index >= 15 is 0 Å². The Balaban J connectivity index is 1.14. The summed E-state index contributed by atoms with van der Waals surface area (Å²) in [6.07, 6.45) is 5.69. The molecule has 2 aromatic heterocycles. The highest BCUT2D eigenvalue weighted by Crippen LogP contribution is 2.47. The lowest BCUT2D eigenvalue weighted by Crippen LogP contribution is -2.63. The highest BCUT2D eigenvalue weighted by Gasteiger charge is 2.51. The fourth-order valence-electron chi connectivity index (χ4n) is 5.54. The van der Waals surface area contributed by atoms with Crippen LogP contribution >= 0.6 is 0 Å². The summed E-state index contributed by atoms with van der Waals surface area (Å²) in [5.74, 6) is 0.988. The maximum atomic E-state index is 12.5. The Labute approximate surface area is 171 Å². The van der Waals surface area contributed by atoms with Gasteiger partial charge in [-0.05, 0) is 64.5 Å². The Morgan fingerprint density at radius 1 is 1.24 bits per heavy atom. The third-order valence-corrected chi connectivity index (χ3v) is 7.46. The van der Waals surface area contributed by atoms with Crippen molar-refractivity contribution in [3.05, 3.63) is 23.9 Å². The van der Waals surface area contributed by atoms with Crippen LogP contribution in [-0.2, 0) is 11.8 Å². The molecule has 0 aromatic carbocycles. The largest absolute Gasteiger partial charge is 0.474 e. The van der Waals surface area contributed by atoms with Crippen LogP contribution in [0.5, 0.6) is 5.88 Å². The molecule has 156 valence electrons. The second-order valence-electron chi connectivity index (χ2n) is 10.0. The highest BCUT2D eigenvalue weighted by atomic mass is 16.5. The molecule has 2 aliphatic carbocycles. The van der Waals surface area contributed by atoms with Gasteiger partial charge in [-0.3, -0.25) is 4.79 Å². The van der Waals surface area contributed by atoms with Gasteiger partial charge in [-0.15, -0.1) is 0 Å². The van der Waals surface area contributed by atoms with Gasteiger partial charge in [0.1, 0.15) is 11.8 Å². The van der Waals surface area contributed by atoms with E-state index in [0.717, 1.165) is 49.8 Å². The third-order valence-electron chi connectivity index (χ3n) is 7.46. The summed E-state index contributed by atoms with van der Waals surface area (Å²) in [5, 5.41) is 11.0. The first-order valence-corrected chi connectivity index (χ1v) is 10.8. The summed E-state index contributed by atoms with van der Waals surface area (Å²) in [6, 6.07) is 6.20. The van der Waals surface area contributed by atoms with Crippen molar-refractivity contribution in [3.63, 3.8) is 0 Å². The van der Waals surface area contributed by atoms with Crippen molar-refractivity contribution in [3.8, 4) is 5.88 Å². The zero-order chi connectivity index (χ0) is 20.4. The number of aliphatic hydroxyl groups is 1. The number of aryl methyl sites for hydroxylation is 2. The normalized spacial score (nSPS) is 29.0. The average Bonchev–Trinajstić information content (AvgIpc) is 2.92. The Kier molecular flexibility index (Phi) is 4.21. The van der Waals surface area contributed by atoms with Crippen LogP contribution in [0.2, 0.25) is 0 Å². The van der Waals surface area contributed by atoms with Crippen LogP contribution in [0.3, 0.4) is 0 Å². The first-order chi connectivity index (χ1) is 13.7. The number of hydrogen-bond donors (Lipinski definition) is 1. The number of likely N-dealkylation sites (tertiary alicyclic amines) is 1. The molecule has 0 unspecified atom stereocenters. The van der Waals surface area contributed by atoms with Gasteiger partial charge in [-0.2, -0.15) is 4.98 Å². The van der Waals surface area contributed by atoms with Crippen molar-refractivity contribution >= 4 is 16.9 Å². The second kappa shape index (κ2) is 6.46. The second-order valence-corrected chi connectivity index (χ2v) is 10.0. The standard InChI is InChI=1S/C23H31N3O3/c1-15-10-16-4-5-19(24-20(16)25(15)3)29-18-6-8-23(9-7-18)13-26(14-23)21(27)17-11-22(2,28)12-17/h4-5,10,17-18,28H,6-9,11-14H2,1-3H3. The zero-order valence-electron chi connectivity index (χ0n) is 17.6. The topological polar surface area (TPSA) is 67.6 Å². The number of carbonyl (C=O) groups is 1. The molecular formula is C23H31N3O3. The quantitative estimate of drug-likeness (QED) is 0.864. The first kappa shape index (κ1) is 18.9. The van der Waals surface area contributed by atoms with Gasteiger partial charge in [-0.1, -0.05) is 0 Å². The minimum Gasteiger partial charge on any atom is -0.474 e. The van der Waals surface area contributed by atoms with E-state index in [1.807, 2.05) is 24.9 Å². The van der Waals surface area contributed by atoms with Gasteiger partial charge >= 0.3 is 0 Å². The maximum absolute atomic E-state index is 12.5. The summed E-state index contributed by atoms with van der Waals surface area (Å²) >= 11 is 0. The van der Waals surface area contributed by atoms with Crippen molar-refractivity contribution in [2.24, 2.45) is 18.4 Å². The molecule has 1 saturated heterocycles. The molecule has 6 nitrogen and oxygen atoms in total. The van der Waals surface area contributed by atoms with Crippen LogP contribution in [0.4, 0.5) is 0 Å². The van der Waals surface area contributed by atoms with E-state index in [-0.39, 0.29) is 23.3 Å². The van der Waals surface area contributed by atoms with E-state index in [2.05, 4.69) is 23.6 Å². The van der Waals surface area contributed by atoms with Crippen molar-refractivity contribution in [1.82, 2.24) is 14.5 Å². The molecule has 6 heteroatoms. The first-order valence-electron chi connectivity index (χ1n) is 10.8. The van der Waals surface area contributed by atoms with Gasteiger partial charge in [0.25, 0.3) is 0 Å². The van der Waals surface area contributed by atoms with Crippen LogP contribution in [-0.4, -0.2) is 50.3 Å². The SMILES string of the molecule is Cc1cc2ccc(OC3CCC4(CC3)CN(C(=O)C3CC(C)(O)C3)C4)nc2n1C. The number of nitrogens with zero attached hydrogens (tertiary/aromatic N) is 3. The predicted molar refractivity (Wildman–Crippen MR) is 111 cm³/mol. The molecule has 1 spiro atoms. The number of pyridine rings is 1. The van der Waals surface area contributed by atoms with E-state index in [1.54, 1.807) is 0 Å². The van der Waals surface area contributed by atoms with Gasteiger partial charge in [0.15, 0.2) is 0 Å². The van der Waals surface area contributed by atoms with Crippen molar-refractivity contribution in [2.75, 3.05) is 13.1 Å². The molecule has 5 rings (SSSR count). The minimum absolute atomic E-state index is 0.0316. The lowest BCUT2D eigenvalue weighted by atomic mass is 9.66. The Morgan fingerprint density at radius 3 is 2.59 bits per heavy atom. The fraction of sp³-hybridized carbons (Fsp3) is 0.652. The number of amides is 1. The van der Waals surface area contributed by atoms with E-state index in [9.17, 15) is 9.90 Å². The summed E-state index contributed by atoms with van der Waals surface area (Å²) < 4.78 is 8.32. The third kappa shape index (κ3) is 3.31. The van der Waals surface area contributed by atoms with Crippen LogP contribution < -0.4 is 4.74 Å². The van der Waals surface area contributed by atoms with Gasteiger partial charge in [0, 0.05) is 48.6 Å². The summed E-state index contributed by atoms with van der Waals surface area (Å²) in [7, 11) is 2.03. The molecule has 29 heavy (non-hydrogen) atoms. The number of ether oxygens (including phenoxy) is 1. The lowest BCUT2D eigenvalue weighted by Gasteiger charge is -2.55. The Hall–Kier alpha value is -2.08. The fourth-order valence-corrected chi connectivity index (χ4v) is 5.54. The predicted octanol–water partition coefficient (Wildman–Crippen LogP) is 3.19. The van der Waals surface area contributed by atoms with Crippen molar-refractivity contribution in [2.45, 2.75) is 64.1 Å². The Bertz CT molecular complexity index is 940. The lowest BCUT2D eigenvalue weighted by molar-refractivity contribution is -0.164. The Morgan fingerprint density at radius 2 is 1.93 bits per heavy atom. The van der Waals surface area contributed by atoms with E-state index in [4.69, 9.17) is 9.72 Å². The van der Waals surface area contributed by atoms with E-state index < -0.39 is 5.60 Å². The van der Waals surface area contributed by atoms with Crippen LogP contribution in [0.25, 0.3) is 11.0 Å². The van der Waals surface area contributed by atoms with Gasteiger partial charge in [0.2, 0.25) is 11.8 Å². The molecule has 3 fully saturated rings. The molecule has 3 aliphatic rings. The molecular weight excluding hydrogens is 366 g/mol. The maximum Gasteiger partial charge on any atom is 0.225 e. The molecule has 3 heterocycles. The van der Waals surface area contributed by atoms with Gasteiger partial charge in [0.05, 0.1) is 5.60 Å². The van der Waals surface area contributed by atoms with Crippen LogP contribution in [0.15, 0.2) is 18.2 Å². The molecule has 2 aromatic rings. The molecule has 0 atom stereocenters. The summed E-state index contributed by atoms with van der Waals surface area (Å²) in [6.45, 7) is 5.66. The molecule has 2 saturated carbocycles. The van der Waals surface area contributed by atoms with Gasteiger partial charge in [-0.25, -0.2) is 0 Å². The molecule has 0 bridgehead atoms. The molecule has 1 aliphatic heterocycles. The van der Waals surface area contributed by atoms with Crippen LogP contribution in [0.1, 0.15) is 51.1 Å². The molecule has 1 amide bonds. The number of rotatable bonds is 3. The van der Waals surface area contributed by atoms with Gasteiger partial charge < -0.3 is 19.3 Å². The summed E-state index contributed by atoms with van der Waals surface area (Å²) in [5.41, 5.74) is 1.82. The number of carbonyl (C=O) groups excluding carboxylic acids is 1. The number of fused-ring (bicyclic) bond motifs is 1. The zero-order valence-corrected chi connectivity index (χ0v) is 17.6. The smallest absolute Gasteiger partial charge is 0.225 e. The average molecular weight is 398 g/mol. The number of aromatic nitrogens is 2. The molecule has 0 radical (unpaired) electrons. The van der Waals surface area contributed by atoms with E-state index in [1.165, 1.54) is 5.69 Å². The van der Waals surface area contributed by atoms with E-state index in [0.29, 0.717) is 18.7 Å². The minimum atomic E-state index is -0.632. The van der Waals surface area contributed by atoms with Crippen LogP contribution in [0, 0.1) is 18.3 Å². The van der Waals surface area contributed by atoms with Crippen molar-refractivity contribution in [1.29, 1.82) is 0 Å². The molecule has 1 N–H and O–H groups in total. The monoisotopic (exact) mass is 397 g/mol. The summed E-state index contributed by atoms with van der Waals surface area (Å²) in [4.78, 5) is 19.3.